The summed E-state index contributed by atoms with van der Waals surface area (Å²) in [4.78, 5) is 16.4. The molecule has 0 spiro atoms. The van der Waals surface area contributed by atoms with Gasteiger partial charge in [-0.3, -0.25) is 4.84 Å². The Morgan fingerprint density at radius 1 is 1.38 bits per heavy atom. The first-order valence-corrected chi connectivity index (χ1v) is 4.57. The lowest BCUT2D eigenvalue weighted by Gasteiger charge is -2.24. The Kier molecular flexibility index (Phi) is 3.65. The highest BCUT2D eigenvalue weighted by Gasteiger charge is 2.18. The predicted molar refractivity (Wildman–Crippen MR) is 40.2 cm³/mol. The summed E-state index contributed by atoms with van der Waals surface area (Å²) in [5.74, 6) is 0. The number of carbonyl (C=O) groups excluding carboxylic acids is 1. The van der Waals surface area contributed by atoms with Gasteiger partial charge < -0.3 is 9.64 Å². The van der Waals surface area contributed by atoms with Gasteiger partial charge in [0, 0.05) is 13.1 Å². The normalized spacial score (nSPS) is 16.5. The Labute approximate surface area is 75.9 Å². The first-order valence-electron chi connectivity index (χ1n) is 3.54. The van der Waals surface area contributed by atoms with E-state index in [1.54, 1.807) is 0 Å². The van der Waals surface area contributed by atoms with Gasteiger partial charge in [0.2, 0.25) is 0 Å². The van der Waals surface area contributed by atoms with Crippen LogP contribution < -0.4 is 0 Å². The summed E-state index contributed by atoms with van der Waals surface area (Å²) in [6.45, 7) is 1.63. The molecule has 0 aromatic heterocycles. The molecule has 0 bridgehead atoms. The molecule has 0 atom stereocenters. The van der Waals surface area contributed by atoms with Crippen LogP contribution in [-0.4, -0.2) is 45.7 Å². The van der Waals surface area contributed by atoms with Crippen LogP contribution in [0.1, 0.15) is 0 Å². The molecule has 13 heavy (non-hydrogen) atoms. The van der Waals surface area contributed by atoms with E-state index >= 15 is 0 Å². The highest BCUT2D eigenvalue weighted by atomic mass is 32.2. The van der Waals surface area contributed by atoms with Gasteiger partial charge >= 0.3 is 16.6 Å². The zero-order chi connectivity index (χ0) is 9.68. The molecular formula is C5H8N2O5S. The Balaban J connectivity index is 2.42. The summed E-state index contributed by atoms with van der Waals surface area (Å²) in [6, 6.07) is 0. The first-order chi connectivity index (χ1) is 6.20. The van der Waals surface area contributed by atoms with Gasteiger partial charge in [-0.15, -0.1) is 0 Å². The second-order valence-corrected chi connectivity index (χ2v) is 2.83. The minimum Gasteiger partial charge on any atom is -0.378 e. The van der Waals surface area contributed by atoms with Crippen LogP contribution in [0.3, 0.4) is 0 Å². The van der Waals surface area contributed by atoms with Crippen molar-refractivity contribution in [2.45, 2.75) is 0 Å². The summed E-state index contributed by atoms with van der Waals surface area (Å²) >= 11 is 0. The van der Waals surface area contributed by atoms with E-state index in [4.69, 9.17) is 4.74 Å². The van der Waals surface area contributed by atoms with Gasteiger partial charge in [-0.2, -0.15) is 8.42 Å². The Morgan fingerprint density at radius 3 is 2.54 bits per heavy atom. The smallest absolute Gasteiger partial charge is 0.378 e. The monoisotopic (exact) mass is 208 g/mol. The zero-order valence-electron chi connectivity index (χ0n) is 6.67. The fourth-order valence-corrected chi connectivity index (χ4v) is 0.991. The second-order valence-electron chi connectivity index (χ2n) is 2.25. The first kappa shape index (κ1) is 9.93. The number of hydrogen-bond acceptors (Lipinski definition) is 6. The van der Waals surface area contributed by atoms with E-state index in [1.165, 1.54) is 4.90 Å². The third kappa shape index (κ3) is 3.38. The van der Waals surface area contributed by atoms with E-state index in [0.717, 1.165) is 0 Å². The van der Waals surface area contributed by atoms with Gasteiger partial charge in [0.05, 0.1) is 17.7 Å². The number of carbonyl (C=O) groups is 1. The Bertz CT molecular complexity index is 297. The van der Waals surface area contributed by atoms with Crippen molar-refractivity contribution in [1.29, 1.82) is 0 Å². The molecule has 7 nitrogen and oxygen atoms in total. The topological polar surface area (TPSA) is 85.3 Å². The van der Waals surface area contributed by atoms with Crippen molar-refractivity contribution in [2.75, 3.05) is 26.3 Å². The summed E-state index contributed by atoms with van der Waals surface area (Å²) in [5, 5.41) is 0. The highest BCUT2D eigenvalue weighted by molar-refractivity contribution is 7.61. The maximum absolute atomic E-state index is 11.0. The SMILES string of the molecule is O=C(ON=S(=O)=O)N1CCOCC1. The molecular weight excluding hydrogens is 200 g/mol. The molecule has 1 fully saturated rings. The van der Waals surface area contributed by atoms with Crippen molar-refractivity contribution in [2.24, 2.45) is 4.53 Å². The number of morpholine rings is 1. The molecule has 1 amide bonds. The fourth-order valence-electron chi connectivity index (χ4n) is 0.866. The van der Waals surface area contributed by atoms with Crippen LogP contribution in [0.15, 0.2) is 4.53 Å². The summed E-state index contributed by atoms with van der Waals surface area (Å²) in [5.41, 5.74) is 0. The molecule has 0 aliphatic carbocycles. The number of ether oxygens (including phenoxy) is 1. The van der Waals surface area contributed by atoms with Crippen LogP contribution in [0.2, 0.25) is 0 Å². The van der Waals surface area contributed by atoms with E-state index in [2.05, 4.69) is 9.36 Å². The van der Waals surface area contributed by atoms with Gasteiger partial charge in [0.25, 0.3) is 0 Å². The molecule has 1 rings (SSSR count). The van der Waals surface area contributed by atoms with E-state index in [1.807, 2.05) is 0 Å². The fraction of sp³-hybridized carbons (Fsp3) is 0.800. The van der Waals surface area contributed by atoms with Gasteiger partial charge in [-0.25, -0.2) is 4.79 Å². The number of nitrogens with zero attached hydrogens (tertiary/aromatic N) is 2. The van der Waals surface area contributed by atoms with Crippen molar-refractivity contribution >= 4 is 16.6 Å². The molecule has 1 saturated heterocycles. The molecule has 1 heterocycles. The van der Waals surface area contributed by atoms with Crippen molar-refractivity contribution in [3.8, 4) is 0 Å². The van der Waals surface area contributed by atoms with Crippen molar-refractivity contribution < 1.29 is 22.8 Å². The maximum atomic E-state index is 11.0. The van der Waals surface area contributed by atoms with Crippen LogP contribution in [0.4, 0.5) is 4.79 Å². The largest absolute Gasteiger partial charge is 0.437 e. The summed E-state index contributed by atoms with van der Waals surface area (Å²) in [7, 11) is -2.72. The molecule has 74 valence electrons. The molecule has 0 aromatic carbocycles. The van der Waals surface area contributed by atoms with Gasteiger partial charge in [-0.1, -0.05) is 0 Å². The van der Waals surface area contributed by atoms with Crippen LogP contribution in [-0.2, 0) is 20.1 Å². The standard InChI is InChI=1S/C5H8N2O5S/c8-5(12-6-13(9)10)7-1-3-11-4-2-7/h1-4H2. The lowest BCUT2D eigenvalue weighted by molar-refractivity contribution is 0.0285. The van der Waals surface area contributed by atoms with Gasteiger partial charge in [0.1, 0.15) is 0 Å². The number of hydrogen-bond donors (Lipinski definition) is 0. The van der Waals surface area contributed by atoms with Crippen LogP contribution >= 0.6 is 0 Å². The van der Waals surface area contributed by atoms with Crippen molar-refractivity contribution in [3.05, 3.63) is 0 Å². The average Bonchev–Trinajstić information content (AvgIpc) is 2.15. The second kappa shape index (κ2) is 4.77. The third-order valence-electron chi connectivity index (χ3n) is 1.45. The lowest BCUT2D eigenvalue weighted by atomic mass is 10.5. The summed E-state index contributed by atoms with van der Waals surface area (Å²) < 4.78 is 27.4. The van der Waals surface area contributed by atoms with Crippen molar-refractivity contribution in [3.63, 3.8) is 0 Å². The van der Waals surface area contributed by atoms with E-state index in [9.17, 15) is 13.2 Å². The molecule has 0 radical (unpaired) electrons. The Hall–Kier alpha value is -1.15. The van der Waals surface area contributed by atoms with Gasteiger partial charge in [-0.05, 0) is 0 Å². The van der Waals surface area contributed by atoms with E-state index in [-0.39, 0.29) is 0 Å². The third-order valence-corrected chi connectivity index (χ3v) is 1.64. The van der Waals surface area contributed by atoms with Gasteiger partial charge in [0.15, 0.2) is 0 Å². The van der Waals surface area contributed by atoms with Crippen molar-refractivity contribution in [1.82, 2.24) is 4.90 Å². The molecule has 0 N–H and O–H groups in total. The van der Waals surface area contributed by atoms with E-state index < -0.39 is 16.6 Å². The van der Waals surface area contributed by atoms with E-state index in [0.29, 0.717) is 26.3 Å². The molecule has 8 heteroatoms. The number of rotatable bonds is 1. The predicted octanol–water partition coefficient (Wildman–Crippen LogP) is -0.567. The number of amides is 1. The lowest BCUT2D eigenvalue weighted by Crippen LogP contribution is -2.40. The Morgan fingerprint density at radius 2 is 2.00 bits per heavy atom. The van der Waals surface area contributed by atoms with Crippen LogP contribution in [0.25, 0.3) is 0 Å². The molecule has 0 aromatic rings. The van der Waals surface area contributed by atoms with Crippen LogP contribution in [0.5, 0.6) is 0 Å². The minimum absolute atomic E-state index is 0.389. The average molecular weight is 208 g/mol. The van der Waals surface area contributed by atoms with Crippen LogP contribution in [0, 0.1) is 0 Å². The molecule has 1 aliphatic rings. The highest BCUT2D eigenvalue weighted by Crippen LogP contribution is 1.99. The molecule has 1 aliphatic heterocycles. The molecule has 0 saturated carbocycles. The minimum atomic E-state index is -2.72. The quantitative estimate of drug-likeness (QED) is 0.539. The maximum Gasteiger partial charge on any atom is 0.437 e. The summed E-state index contributed by atoms with van der Waals surface area (Å²) in [6.07, 6.45) is -0.771. The zero-order valence-corrected chi connectivity index (χ0v) is 7.49. The molecule has 0 unspecified atom stereocenters.